The Hall–Kier alpha value is -0.650. The van der Waals surface area contributed by atoms with E-state index < -0.39 is 11.6 Å². The molecular weight excluding hydrogens is 176 g/mol. The van der Waals surface area contributed by atoms with Gasteiger partial charge in [0.15, 0.2) is 6.61 Å². The summed E-state index contributed by atoms with van der Waals surface area (Å²) in [6, 6.07) is 0. The van der Waals surface area contributed by atoms with Crippen molar-refractivity contribution < 1.29 is 24.3 Å². The zero-order valence-electron chi connectivity index (χ0n) is 8.46. The van der Waals surface area contributed by atoms with Crippen LogP contribution in [-0.4, -0.2) is 25.3 Å². The zero-order chi connectivity index (χ0) is 10.3. The zero-order valence-corrected chi connectivity index (χ0v) is 8.46. The highest BCUT2D eigenvalue weighted by Crippen LogP contribution is 2.13. The molecule has 0 saturated heterocycles. The molecule has 0 bridgehead atoms. The predicted octanol–water partition coefficient (Wildman–Crippen LogP) is 1.23. The van der Waals surface area contributed by atoms with Crippen LogP contribution in [0.25, 0.3) is 0 Å². The normalized spacial score (nSPS) is 11.4. The molecule has 5 nitrogen and oxygen atoms in total. The lowest BCUT2D eigenvalue weighted by Gasteiger charge is -2.20. The first kappa shape index (κ1) is 12.3. The maximum atomic E-state index is 10.7. The number of hydrogen-bond acceptors (Lipinski definition) is 5. The van der Waals surface area contributed by atoms with Gasteiger partial charge in [-0.3, -0.25) is 4.89 Å². The first-order chi connectivity index (χ1) is 6.02. The highest BCUT2D eigenvalue weighted by Gasteiger charge is 2.17. The second kappa shape index (κ2) is 5.90. The molecule has 13 heavy (non-hydrogen) atoms. The highest BCUT2D eigenvalue weighted by molar-refractivity contribution is 5.69. The minimum atomic E-state index is -0.630. The summed E-state index contributed by atoms with van der Waals surface area (Å²) in [6.07, 6.45) is 0.784. The molecule has 0 N–H and O–H groups in total. The van der Waals surface area contributed by atoms with Crippen molar-refractivity contribution >= 4 is 5.97 Å². The van der Waals surface area contributed by atoms with Crippen LogP contribution in [0.4, 0.5) is 0 Å². The topological polar surface area (TPSA) is 54.0 Å². The summed E-state index contributed by atoms with van der Waals surface area (Å²) < 4.78 is 0. The van der Waals surface area contributed by atoms with Crippen molar-refractivity contribution in [1.82, 2.24) is 0 Å². The molecule has 0 heterocycles. The van der Waals surface area contributed by atoms with Crippen molar-refractivity contribution in [2.45, 2.75) is 32.8 Å². The Morgan fingerprint density at radius 1 is 1.38 bits per heavy atom. The molecule has 0 spiro atoms. The molecule has 0 aromatic rings. The minimum Gasteiger partial charge on any atom is -0.296 e. The van der Waals surface area contributed by atoms with Gasteiger partial charge in [-0.25, -0.2) is 14.6 Å². The van der Waals surface area contributed by atoms with Crippen molar-refractivity contribution in [1.29, 1.82) is 0 Å². The Morgan fingerprint density at radius 2 is 2.00 bits per heavy atom. The fourth-order valence-electron chi connectivity index (χ4n) is 0.413. The van der Waals surface area contributed by atoms with E-state index in [1.54, 1.807) is 0 Å². The van der Waals surface area contributed by atoms with Gasteiger partial charge in [0.1, 0.15) is 0 Å². The van der Waals surface area contributed by atoms with E-state index >= 15 is 0 Å². The summed E-state index contributed by atoms with van der Waals surface area (Å²) in [7, 11) is 1.24. The average Bonchev–Trinajstić information content (AvgIpc) is 2.05. The van der Waals surface area contributed by atoms with E-state index in [1.807, 2.05) is 20.8 Å². The molecule has 0 aromatic heterocycles. The number of carbonyl (C=O) groups is 1. The summed E-state index contributed by atoms with van der Waals surface area (Å²) in [5, 5.41) is 0. The Bertz CT molecular complexity index is 155. The second-order valence-electron chi connectivity index (χ2n) is 3.08. The van der Waals surface area contributed by atoms with Gasteiger partial charge >= 0.3 is 5.97 Å². The van der Waals surface area contributed by atoms with E-state index in [2.05, 4.69) is 14.7 Å². The van der Waals surface area contributed by atoms with Gasteiger partial charge in [0, 0.05) is 0 Å². The summed E-state index contributed by atoms with van der Waals surface area (Å²) in [5.74, 6) is -0.630. The minimum absolute atomic E-state index is 0.280. The summed E-state index contributed by atoms with van der Waals surface area (Å²) in [4.78, 5) is 28.5. The quantitative estimate of drug-likeness (QED) is 0.468. The maximum absolute atomic E-state index is 10.7. The lowest BCUT2D eigenvalue weighted by molar-refractivity contribution is -0.356. The molecule has 0 amide bonds. The van der Waals surface area contributed by atoms with Crippen LogP contribution in [0.2, 0.25) is 0 Å². The van der Waals surface area contributed by atoms with Gasteiger partial charge in [0.25, 0.3) is 0 Å². The largest absolute Gasteiger partial charge is 0.371 e. The molecule has 0 atom stereocenters. The first-order valence-corrected chi connectivity index (χ1v) is 4.06. The van der Waals surface area contributed by atoms with Crippen molar-refractivity contribution in [3.05, 3.63) is 0 Å². The monoisotopic (exact) mass is 192 g/mol. The fraction of sp³-hybridized carbons (Fsp3) is 0.875. The predicted molar refractivity (Wildman–Crippen MR) is 44.5 cm³/mol. The van der Waals surface area contributed by atoms with Crippen molar-refractivity contribution in [3.63, 3.8) is 0 Å². The third-order valence-electron chi connectivity index (χ3n) is 1.49. The molecular formula is C8H16O5. The van der Waals surface area contributed by atoms with Gasteiger partial charge in [-0.1, -0.05) is 6.92 Å². The van der Waals surface area contributed by atoms with E-state index in [9.17, 15) is 4.79 Å². The number of rotatable bonds is 6. The van der Waals surface area contributed by atoms with Crippen LogP contribution in [0.5, 0.6) is 0 Å². The molecule has 0 fully saturated rings. The van der Waals surface area contributed by atoms with E-state index in [1.165, 1.54) is 7.11 Å². The first-order valence-electron chi connectivity index (χ1n) is 4.06. The molecule has 0 aliphatic carbocycles. The van der Waals surface area contributed by atoms with Crippen molar-refractivity contribution in [2.75, 3.05) is 13.7 Å². The number of hydrogen-bond donors (Lipinski definition) is 0. The SMILES string of the molecule is CCC(C)(C)OOCC(=O)OOC. The molecule has 0 rings (SSSR count). The van der Waals surface area contributed by atoms with Gasteiger partial charge in [-0.2, -0.15) is 4.89 Å². The van der Waals surface area contributed by atoms with Gasteiger partial charge in [-0.05, 0) is 20.3 Å². The third kappa shape index (κ3) is 6.51. The Labute approximate surface area is 77.8 Å². The van der Waals surface area contributed by atoms with Crippen LogP contribution >= 0.6 is 0 Å². The van der Waals surface area contributed by atoms with Crippen LogP contribution in [0.15, 0.2) is 0 Å². The third-order valence-corrected chi connectivity index (χ3v) is 1.49. The molecule has 5 heteroatoms. The average molecular weight is 192 g/mol. The molecule has 0 aliphatic heterocycles. The number of carbonyl (C=O) groups excluding carboxylic acids is 1. The highest BCUT2D eigenvalue weighted by atomic mass is 17.2. The summed E-state index contributed by atoms with van der Waals surface area (Å²) >= 11 is 0. The molecule has 0 unspecified atom stereocenters. The van der Waals surface area contributed by atoms with Crippen LogP contribution in [0, 0.1) is 0 Å². The molecule has 0 saturated carbocycles. The van der Waals surface area contributed by atoms with Gasteiger partial charge in [0.05, 0.1) is 12.7 Å². The van der Waals surface area contributed by atoms with Crippen LogP contribution in [-0.2, 0) is 24.3 Å². The van der Waals surface area contributed by atoms with Crippen molar-refractivity contribution in [3.8, 4) is 0 Å². The lowest BCUT2D eigenvalue weighted by Crippen LogP contribution is -2.25. The van der Waals surface area contributed by atoms with Crippen LogP contribution < -0.4 is 0 Å². The lowest BCUT2D eigenvalue weighted by atomic mass is 10.1. The summed E-state index contributed by atoms with van der Waals surface area (Å²) in [5.41, 5.74) is -0.395. The van der Waals surface area contributed by atoms with E-state index in [0.717, 1.165) is 6.42 Å². The van der Waals surface area contributed by atoms with Crippen LogP contribution in [0.1, 0.15) is 27.2 Å². The van der Waals surface area contributed by atoms with E-state index in [0.29, 0.717) is 0 Å². The summed E-state index contributed by atoms with van der Waals surface area (Å²) in [6.45, 7) is 5.39. The maximum Gasteiger partial charge on any atom is 0.371 e. The standard InChI is InChI=1S/C8H16O5/c1-5-8(2,3)13-11-6-7(9)12-10-4/h5-6H2,1-4H3. The van der Waals surface area contributed by atoms with Gasteiger partial charge < -0.3 is 0 Å². The molecule has 0 radical (unpaired) electrons. The fourth-order valence-corrected chi connectivity index (χ4v) is 0.413. The molecule has 0 aliphatic rings. The Morgan fingerprint density at radius 3 is 2.46 bits per heavy atom. The Kier molecular flexibility index (Phi) is 5.61. The van der Waals surface area contributed by atoms with E-state index in [4.69, 9.17) is 4.89 Å². The van der Waals surface area contributed by atoms with Gasteiger partial charge in [-0.15, -0.1) is 0 Å². The smallest absolute Gasteiger partial charge is 0.296 e. The Balaban J connectivity index is 3.50. The molecule has 78 valence electrons. The van der Waals surface area contributed by atoms with Gasteiger partial charge in [0.2, 0.25) is 0 Å². The van der Waals surface area contributed by atoms with E-state index in [-0.39, 0.29) is 6.61 Å². The second-order valence-corrected chi connectivity index (χ2v) is 3.08. The molecule has 0 aromatic carbocycles. The van der Waals surface area contributed by atoms with Crippen LogP contribution in [0.3, 0.4) is 0 Å². The van der Waals surface area contributed by atoms with Crippen molar-refractivity contribution in [2.24, 2.45) is 0 Å².